The van der Waals surface area contributed by atoms with Crippen molar-refractivity contribution in [3.05, 3.63) is 59.1 Å². The van der Waals surface area contributed by atoms with Crippen LogP contribution < -0.4 is 10.1 Å². The Balaban J connectivity index is 2.13. The summed E-state index contributed by atoms with van der Waals surface area (Å²) in [5.41, 5.74) is 1.74. The predicted octanol–water partition coefficient (Wildman–Crippen LogP) is 2.82. The second-order valence-corrected chi connectivity index (χ2v) is 4.66. The van der Waals surface area contributed by atoms with Gasteiger partial charge in [-0.05, 0) is 42.3 Å². The summed E-state index contributed by atoms with van der Waals surface area (Å²) < 4.78 is 10.4. The highest BCUT2D eigenvalue weighted by Crippen LogP contribution is 2.20. The fourth-order valence-corrected chi connectivity index (χ4v) is 1.92. The molecule has 0 aliphatic rings. The lowest BCUT2D eigenvalue weighted by atomic mass is 10.1. The summed E-state index contributed by atoms with van der Waals surface area (Å²) in [6.45, 7) is 2.16. The van der Waals surface area contributed by atoms with Gasteiger partial charge in [0, 0.05) is 0 Å². The third kappa shape index (κ3) is 3.76. The van der Waals surface area contributed by atoms with Crippen LogP contribution in [0.2, 0.25) is 0 Å². The van der Waals surface area contributed by atoms with Crippen LogP contribution in [0.4, 0.5) is 0 Å². The maximum atomic E-state index is 12.0. The van der Waals surface area contributed by atoms with E-state index >= 15 is 0 Å². The first-order valence-electron chi connectivity index (χ1n) is 6.71. The fraction of sp³-hybridized carbons (Fsp3) is 0.176. The number of aryl methyl sites for hydroxylation is 1. The van der Waals surface area contributed by atoms with Crippen molar-refractivity contribution in [3.63, 3.8) is 0 Å². The molecule has 0 saturated carbocycles. The normalized spacial score (nSPS) is 10.9. The number of methoxy groups -OCH3 is 1. The molecule has 0 radical (unpaired) electrons. The molecule has 0 aliphatic heterocycles. The number of rotatable bonds is 5. The number of ether oxygens (including phenoxy) is 1. The van der Waals surface area contributed by atoms with Crippen LogP contribution in [0.25, 0.3) is 6.08 Å². The van der Waals surface area contributed by atoms with Gasteiger partial charge >= 0.3 is 0 Å². The molecule has 112 valence electrons. The number of furan rings is 1. The molecule has 5 nitrogen and oxygen atoms in total. The first-order chi connectivity index (χ1) is 10.6. The zero-order valence-corrected chi connectivity index (χ0v) is 12.4. The summed E-state index contributed by atoms with van der Waals surface area (Å²) >= 11 is 0. The lowest BCUT2D eigenvalue weighted by Crippen LogP contribution is -2.23. The lowest BCUT2D eigenvalue weighted by Gasteiger charge is -2.06. The van der Waals surface area contributed by atoms with E-state index in [1.165, 1.54) is 12.3 Å². The predicted molar refractivity (Wildman–Crippen MR) is 81.9 cm³/mol. The number of amides is 1. The van der Waals surface area contributed by atoms with E-state index in [-0.39, 0.29) is 12.1 Å². The van der Waals surface area contributed by atoms with E-state index in [2.05, 4.69) is 5.32 Å². The molecule has 1 aromatic carbocycles. The second kappa shape index (κ2) is 7.14. The van der Waals surface area contributed by atoms with Crippen LogP contribution in [0.3, 0.4) is 0 Å². The van der Waals surface area contributed by atoms with Gasteiger partial charge in [0.05, 0.1) is 19.9 Å². The Hall–Kier alpha value is -3.00. The zero-order chi connectivity index (χ0) is 15.9. The minimum absolute atomic E-state index is 0.0254. The number of carbonyl (C=O) groups is 1. The summed E-state index contributed by atoms with van der Waals surface area (Å²) in [6, 6.07) is 10.9. The number of benzene rings is 1. The van der Waals surface area contributed by atoms with Crippen molar-refractivity contribution < 1.29 is 13.9 Å². The Labute approximate surface area is 128 Å². The highest BCUT2D eigenvalue weighted by molar-refractivity contribution is 6.01. The van der Waals surface area contributed by atoms with E-state index in [0.717, 1.165) is 11.1 Å². The molecule has 1 heterocycles. The van der Waals surface area contributed by atoms with Crippen LogP contribution in [-0.2, 0) is 11.3 Å². The van der Waals surface area contributed by atoms with Crippen LogP contribution in [0.1, 0.15) is 16.9 Å². The van der Waals surface area contributed by atoms with E-state index in [1.807, 2.05) is 25.1 Å². The summed E-state index contributed by atoms with van der Waals surface area (Å²) in [7, 11) is 1.58. The van der Waals surface area contributed by atoms with E-state index in [0.29, 0.717) is 11.5 Å². The van der Waals surface area contributed by atoms with E-state index in [4.69, 9.17) is 14.4 Å². The fourth-order valence-electron chi connectivity index (χ4n) is 1.92. The topological polar surface area (TPSA) is 75.3 Å². The van der Waals surface area contributed by atoms with Gasteiger partial charge in [-0.15, -0.1) is 0 Å². The molecule has 5 heteroatoms. The van der Waals surface area contributed by atoms with Crippen LogP contribution in [0.5, 0.6) is 5.75 Å². The molecule has 0 spiro atoms. The minimum atomic E-state index is -0.446. The number of nitrogens with zero attached hydrogens (tertiary/aromatic N) is 1. The van der Waals surface area contributed by atoms with Gasteiger partial charge in [0.2, 0.25) is 0 Å². The van der Waals surface area contributed by atoms with Crippen LogP contribution >= 0.6 is 0 Å². The molecule has 2 rings (SSSR count). The maximum Gasteiger partial charge on any atom is 0.262 e. The van der Waals surface area contributed by atoms with Crippen molar-refractivity contribution in [3.8, 4) is 11.8 Å². The second-order valence-electron chi connectivity index (χ2n) is 4.66. The standard InChI is InChI=1S/C17H16N2O3/c1-12-5-6-13(9-16(12)21-2)8-14(10-18)17(20)19-11-15-4-3-7-22-15/h3-9H,11H2,1-2H3,(H,19,20)/b14-8+. The molecule has 22 heavy (non-hydrogen) atoms. The quantitative estimate of drug-likeness (QED) is 0.680. The van der Waals surface area contributed by atoms with Crippen molar-refractivity contribution in [1.29, 1.82) is 5.26 Å². The Morgan fingerprint density at radius 1 is 1.45 bits per heavy atom. The van der Waals surface area contributed by atoms with Gasteiger partial charge in [-0.1, -0.05) is 12.1 Å². The third-order valence-corrected chi connectivity index (χ3v) is 3.11. The monoisotopic (exact) mass is 296 g/mol. The van der Waals surface area contributed by atoms with Crippen molar-refractivity contribution in [2.24, 2.45) is 0 Å². The molecule has 0 aliphatic carbocycles. The maximum absolute atomic E-state index is 12.0. The van der Waals surface area contributed by atoms with Gasteiger partial charge in [-0.2, -0.15) is 5.26 Å². The van der Waals surface area contributed by atoms with Gasteiger partial charge in [0.25, 0.3) is 5.91 Å². The van der Waals surface area contributed by atoms with Crippen LogP contribution in [0, 0.1) is 18.3 Å². The Morgan fingerprint density at radius 2 is 2.27 bits per heavy atom. The van der Waals surface area contributed by atoms with Gasteiger partial charge in [-0.25, -0.2) is 0 Å². The Morgan fingerprint density at radius 3 is 2.91 bits per heavy atom. The molecule has 2 aromatic rings. The van der Waals surface area contributed by atoms with Crippen molar-refractivity contribution in [1.82, 2.24) is 5.32 Å². The number of carbonyl (C=O) groups excluding carboxylic acids is 1. The highest BCUT2D eigenvalue weighted by Gasteiger charge is 2.10. The zero-order valence-electron chi connectivity index (χ0n) is 12.4. The van der Waals surface area contributed by atoms with Gasteiger partial charge in [0.1, 0.15) is 23.2 Å². The SMILES string of the molecule is COc1cc(/C=C(\C#N)C(=O)NCc2ccco2)ccc1C. The van der Waals surface area contributed by atoms with Gasteiger partial charge in [0.15, 0.2) is 0 Å². The van der Waals surface area contributed by atoms with Crippen molar-refractivity contribution in [2.75, 3.05) is 7.11 Å². The van der Waals surface area contributed by atoms with E-state index in [9.17, 15) is 4.79 Å². The molecular formula is C17H16N2O3. The average molecular weight is 296 g/mol. The molecule has 1 amide bonds. The summed E-state index contributed by atoms with van der Waals surface area (Å²) in [4.78, 5) is 12.0. The molecule has 0 fully saturated rings. The number of hydrogen-bond donors (Lipinski definition) is 1. The molecule has 1 aromatic heterocycles. The molecule has 0 saturated heterocycles. The first-order valence-corrected chi connectivity index (χ1v) is 6.71. The van der Waals surface area contributed by atoms with Crippen molar-refractivity contribution in [2.45, 2.75) is 13.5 Å². The third-order valence-electron chi connectivity index (χ3n) is 3.11. The first kappa shape index (κ1) is 15.4. The van der Waals surface area contributed by atoms with Gasteiger partial charge < -0.3 is 14.5 Å². The summed E-state index contributed by atoms with van der Waals surface area (Å²) in [5.74, 6) is 0.892. The molecular weight excluding hydrogens is 280 g/mol. The number of nitriles is 1. The van der Waals surface area contributed by atoms with Crippen LogP contribution in [0.15, 0.2) is 46.6 Å². The average Bonchev–Trinajstić information content (AvgIpc) is 3.05. The molecule has 0 unspecified atom stereocenters. The molecule has 0 atom stereocenters. The smallest absolute Gasteiger partial charge is 0.262 e. The molecule has 0 bridgehead atoms. The lowest BCUT2D eigenvalue weighted by molar-refractivity contribution is -0.117. The largest absolute Gasteiger partial charge is 0.496 e. The summed E-state index contributed by atoms with van der Waals surface area (Å²) in [5, 5.41) is 11.8. The Bertz CT molecular complexity index is 725. The van der Waals surface area contributed by atoms with E-state index < -0.39 is 5.91 Å². The Kier molecular flexibility index (Phi) is 4.99. The van der Waals surface area contributed by atoms with E-state index in [1.54, 1.807) is 25.3 Å². The molecule has 1 N–H and O–H groups in total. The highest BCUT2D eigenvalue weighted by atomic mass is 16.5. The minimum Gasteiger partial charge on any atom is -0.496 e. The van der Waals surface area contributed by atoms with Gasteiger partial charge in [-0.3, -0.25) is 4.79 Å². The van der Waals surface area contributed by atoms with Crippen molar-refractivity contribution >= 4 is 12.0 Å². The number of nitrogens with one attached hydrogen (secondary N) is 1. The number of hydrogen-bond acceptors (Lipinski definition) is 4. The summed E-state index contributed by atoms with van der Waals surface area (Å²) in [6.07, 6.45) is 3.06. The van der Waals surface area contributed by atoms with Crippen LogP contribution in [-0.4, -0.2) is 13.0 Å².